The van der Waals surface area contributed by atoms with E-state index in [4.69, 9.17) is 0 Å². The van der Waals surface area contributed by atoms with Gasteiger partial charge in [0.05, 0.1) is 10.6 Å². The van der Waals surface area contributed by atoms with E-state index >= 15 is 0 Å². The average Bonchev–Trinajstić information content (AvgIpc) is 2.35. The van der Waals surface area contributed by atoms with E-state index < -0.39 is 4.92 Å². The van der Waals surface area contributed by atoms with Crippen LogP contribution in [0.5, 0.6) is 0 Å². The average molecular weight is 249 g/mol. The van der Waals surface area contributed by atoms with Crippen LogP contribution >= 0.6 is 0 Å². The topological polar surface area (TPSA) is 84.6 Å². The molecule has 1 aromatic carbocycles. The Morgan fingerprint density at radius 2 is 2.11 bits per heavy atom. The van der Waals surface area contributed by atoms with E-state index in [2.05, 4.69) is 10.5 Å². The molecular weight excluding hydrogens is 234 g/mol. The summed E-state index contributed by atoms with van der Waals surface area (Å²) >= 11 is 0. The SMILES string of the molecule is CC(=NNC(=O)C(C)C)c1cccc([N+](=O)[O-])c1. The first kappa shape index (κ1) is 13.8. The number of non-ortho nitro benzene ring substituents is 1. The molecule has 6 nitrogen and oxygen atoms in total. The van der Waals surface area contributed by atoms with E-state index in [1.165, 1.54) is 12.1 Å². The van der Waals surface area contributed by atoms with E-state index in [-0.39, 0.29) is 17.5 Å². The molecule has 0 radical (unpaired) electrons. The number of hydrogen-bond donors (Lipinski definition) is 1. The predicted molar refractivity (Wildman–Crippen MR) is 68.3 cm³/mol. The first-order valence-electron chi connectivity index (χ1n) is 5.50. The molecular formula is C12H15N3O3. The van der Waals surface area contributed by atoms with Gasteiger partial charge in [0.1, 0.15) is 0 Å². The van der Waals surface area contributed by atoms with Crippen molar-refractivity contribution in [2.24, 2.45) is 11.0 Å². The van der Waals surface area contributed by atoms with Crippen LogP contribution in [0, 0.1) is 16.0 Å². The summed E-state index contributed by atoms with van der Waals surface area (Å²) in [5.41, 5.74) is 3.53. The fraction of sp³-hybridized carbons (Fsp3) is 0.333. The summed E-state index contributed by atoms with van der Waals surface area (Å²) in [4.78, 5) is 21.5. The Morgan fingerprint density at radius 1 is 1.44 bits per heavy atom. The molecule has 0 bridgehead atoms. The van der Waals surface area contributed by atoms with E-state index in [0.717, 1.165) is 0 Å². The Kier molecular flexibility index (Phi) is 4.53. The number of rotatable bonds is 4. The monoisotopic (exact) mass is 249 g/mol. The normalized spacial score (nSPS) is 11.4. The molecule has 96 valence electrons. The third-order valence-electron chi connectivity index (χ3n) is 2.33. The van der Waals surface area contributed by atoms with E-state index in [1.807, 2.05) is 0 Å². The van der Waals surface area contributed by atoms with Crippen LogP contribution < -0.4 is 5.43 Å². The zero-order valence-corrected chi connectivity index (χ0v) is 10.5. The quantitative estimate of drug-likeness (QED) is 0.503. The highest BCUT2D eigenvalue weighted by Gasteiger charge is 2.08. The van der Waals surface area contributed by atoms with Gasteiger partial charge in [-0.05, 0) is 6.92 Å². The van der Waals surface area contributed by atoms with E-state index in [9.17, 15) is 14.9 Å². The van der Waals surface area contributed by atoms with Crippen LogP contribution in [0.15, 0.2) is 29.4 Å². The molecule has 0 saturated heterocycles. The molecule has 0 saturated carbocycles. The summed E-state index contributed by atoms with van der Waals surface area (Å²) in [6.07, 6.45) is 0. The molecule has 18 heavy (non-hydrogen) atoms. The molecule has 1 aromatic rings. The molecule has 0 aliphatic carbocycles. The van der Waals surface area contributed by atoms with Crippen molar-refractivity contribution in [2.45, 2.75) is 20.8 Å². The highest BCUT2D eigenvalue weighted by Crippen LogP contribution is 2.13. The number of hydrogen-bond acceptors (Lipinski definition) is 4. The summed E-state index contributed by atoms with van der Waals surface area (Å²) < 4.78 is 0. The van der Waals surface area contributed by atoms with Crippen LogP contribution in [0.25, 0.3) is 0 Å². The summed E-state index contributed by atoms with van der Waals surface area (Å²) in [6.45, 7) is 5.20. The second-order valence-electron chi connectivity index (χ2n) is 4.14. The van der Waals surface area contributed by atoms with Crippen LogP contribution in [-0.4, -0.2) is 16.5 Å². The molecule has 0 aliphatic heterocycles. The van der Waals surface area contributed by atoms with Crippen LogP contribution in [0.4, 0.5) is 5.69 Å². The maximum atomic E-state index is 11.3. The van der Waals surface area contributed by atoms with Gasteiger partial charge in [-0.25, -0.2) is 5.43 Å². The van der Waals surface area contributed by atoms with Gasteiger partial charge in [-0.1, -0.05) is 26.0 Å². The Labute approximate surface area is 105 Å². The highest BCUT2D eigenvalue weighted by molar-refractivity contribution is 5.99. The first-order chi connectivity index (χ1) is 8.41. The van der Waals surface area contributed by atoms with Crippen molar-refractivity contribution in [2.75, 3.05) is 0 Å². The largest absolute Gasteiger partial charge is 0.273 e. The number of nitrogens with one attached hydrogen (secondary N) is 1. The fourth-order valence-corrected chi connectivity index (χ4v) is 1.18. The van der Waals surface area contributed by atoms with Gasteiger partial charge in [0.15, 0.2) is 0 Å². The molecule has 1 N–H and O–H groups in total. The number of carbonyl (C=O) groups is 1. The highest BCUT2D eigenvalue weighted by atomic mass is 16.6. The first-order valence-corrected chi connectivity index (χ1v) is 5.50. The molecule has 0 fully saturated rings. The number of nitrogens with zero attached hydrogens (tertiary/aromatic N) is 2. The Morgan fingerprint density at radius 3 is 2.67 bits per heavy atom. The van der Waals surface area contributed by atoms with Gasteiger partial charge in [-0.15, -0.1) is 0 Å². The van der Waals surface area contributed by atoms with Gasteiger partial charge in [-0.2, -0.15) is 5.10 Å². The minimum absolute atomic E-state index is 0.00256. The molecule has 6 heteroatoms. The molecule has 0 atom stereocenters. The van der Waals surface area contributed by atoms with Crippen molar-refractivity contribution in [3.8, 4) is 0 Å². The van der Waals surface area contributed by atoms with Crippen LogP contribution in [-0.2, 0) is 4.79 Å². The van der Waals surface area contributed by atoms with Gasteiger partial charge >= 0.3 is 0 Å². The van der Waals surface area contributed by atoms with Gasteiger partial charge in [-0.3, -0.25) is 14.9 Å². The number of nitro groups is 1. The number of benzene rings is 1. The third kappa shape index (κ3) is 3.65. The lowest BCUT2D eigenvalue weighted by Crippen LogP contribution is -2.24. The van der Waals surface area contributed by atoms with Crippen LogP contribution in [0.2, 0.25) is 0 Å². The maximum Gasteiger partial charge on any atom is 0.270 e. The Hall–Kier alpha value is -2.24. The Bertz CT molecular complexity index is 495. The molecule has 0 spiro atoms. The van der Waals surface area contributed by atoms with Crippen molar-refractivity contribution in [1.82, 2.24) is 5.43 Å². The molecule has 0 aliphatic rings. The van der Waals surface area contributed by atoms with Crippen LogP contribution in [0.1, 0.15) is 26.3 Å². The van der Waals surface area contributed by atoms with Crippen molar-refractivity contribution in [3.63, 3.8) is 0 Å². The number of carbonyl (C=O) groups excluding carboxylic acids is 1. The minimum atomic E-state index is -0.469. The lowest BCUT2D eigenvalue weighted by atomic mass is 10.1. The van der Waals surface area contributed by atoms with Crippen molar-refractivity contribution in [3.05, 3.63) is 39.9 Å². The summed E-state index contributed by atoms with van der Waals surface area (Å²) in [7, 11) is 0. The van der Waals surface area contributed by atoms with Crippen molar-refractivity contribution < 1.29 is 9.72 Å². The van der Waals surface area contributed by atoms with Gasteiger partial charge in [0.25, 0.3) is 5.69 Å². The molecule has 1 rings (SSSR count). The van der Waals surface area contributed by atoms with Gasteiger partial charge in [0.2, 0.25) is 5.91 Å². The molecule has 0 heterocycles. The van der Waals surface area contributed by atoms with Crippen molar-refractivity contribution in [1.29, 1.82) is 0 Å². The summed E-state index contributed by atoms with van der Waals surface area (Å²) in [5, 5.41) is 14.5. The fourth-order valence-electron chi connectivity index (χ4n) is 1.18. The lowest BCUT2D eigenvalue weighted by Gasteiger charge is -2.04. The smallest absolute Gasteiger partial charge is 0.270 e. The predicted octanol–water partition coefficient (Wildman–Crippen LogP) is 2.09. The zero-order chi connectivity index (χ0) is 13.7. The third-order valence-corrected chi connectivity index (χ3v) is 2.33. The van der Waals surface area contributed by atoms with Gasteiger partial charge < -0.3 is 0 Å². The van der Waals surface area contributed by atoms with E-state index in [1.54, 1.807) is 32.9 Å². The summed E-state index contributed by atoms with van der Waals surface area (Å²) in [5.74, 6) is -0.355. The second kappa shape index (κ2) is 5.90. The zero-order valence-electron chi connectivity index (χ0n) is 10.5. The van der Waals surface area contributed by atoms with Crippen molar-refractivity contribution >= 4 is 17.3 Å². The minimum Gasteiger partial charge on any atom is -0.273 e. The summed E-state index contributed by atoms with van der Waals surface area (Å²) in [6, 6.07) is 6.11. The second-order valence-corrected chi connectivity index (χ2v) is 4.14. The maximum absolute atomic E-state index is 11.3. The van der Waals surface area contributed by atoms with Gasteiger partial charge in [0, 0.05) is 23.6 Å². The number of nitro benzene ring substituents is 1. The molecule has 1 amide bonds. The van der Waals surface area contributed by atoms with Crippen LogP contribution in [0.3, 0.4) is 0 Å². The molecule has 0 aromatic heterocycles. The molecule has 0 unspecified atom stereocenters. The number of hydrazone groups is 1. The Balaban J connectivity index is 2.86. The lowest BCUT2D eigenvalue weighted by molar-refractivity contribution is -0.384. The standard InChI is InChI=1S/C12H15N3O3/c1-8(2)12(16)14-13-9(3)10-5-4-6-11(7-10)15(17)18/h4-8H,1-3H3,(H,14,16). The van der Waals surface area contributed by atoms with E-state index in [0.29, 0.717) is 11.3 Å². The number of amides is 1.